The maximum absolute atomic E-state index is 4.79. The van der Waals surface area contributed by atoms with Crippen LogP contribution in [0.15, 0.2) is 54.2 Å². The molecule has 5 heteroatoms. The van der Waals surface area contributed by atoms with Crippen LogP contribution in [0.25, 0.3) is 11.3 Å². The molecule has 0 spiro atoms. The van der Waals surface area contributed by atoms with Gasteiger partial charge >= 0.3 is 0 Å². The number of aromatic nitrogens is 2. The Bertz CT molecular complexity index is 794. The summed E-state index contributed by atoms with van der Waals surface area (Å²) in [4.78, 5) is 6.14. The van der Waals surface area contributed by atoms with Crippen molar-refractivity contribution in [3.63, 3.8) is 0 Å². The molecule has 1 aromatic carbocycles. The van der Waals surface area contributed by atoms with Gasteiger partial charge in [-0.1, -0.05) is 36.4 Å². The first kappa shape index (κ1) is 15.6. The van der Waals surface area contributed by atoms with E-state index in [1.165, 1.54) is 16.1 Å². The van der Waals surface area contributed by atoms with Gasteiger partial charge in [-0.25, -0.2) is 10.4 Å². The average molecular weight is 338 g/mol. The maximum Gasteiger partial charge on any atom is 0.0962 e. The van der Waals surface area contributed by atoms with Crippen molar-refractivity contribution in [1.29, 1.82) is 0 Å². The molecule has 3 aromatic rings. The topological polar surface area (TPSA) is 41.9 Å². The summed E-state index contributed by atoms with van der Waals surface area (Å²) in [5.41, 5.74) is 10.3. The van der Waals surface area contributed by atoms with Crippen molar-refractivity contribution < 1.29 is 0 Å². The number of thiophene rings is 1. The summed E-state index contributed by atoms with van der Waals surface area (Å²) in [6.07, 6.45) is 3.05. The highest BCUT2D eigenvalue weighted by Gasteiger charge is 2.29. The van der Waals surface area contributed by atoms with Gasteiger partial charge in [0.25, 0.3) is 0 Å². The van der Waals surface area contributed by atoms with Gasteiger partial charge in [-0.05, 0) is 31.7 Å². The predicted octanol–water partition coefficient (Wildman–Crippen LogP) is 4.15. The van der Waals surface area contributed by atoms with Crippen molar-refractivity contribution in [2.75, 3.05) is 0 Å². The molecule has 1 fully saturated rings. The Balaban J connectivity index is 1.81. The molecule has 0 bridgehead atoms. The Morgan fingerprint density at radius 1 is 1.17 bits per heavy atom. The van der Waals surface area contributed by atoms with Crippen molar-refractivity contribution in [1.82, 2.24) is 20.4 Å². The molecule has 0 aliphatic carbocycles. The van der Waals surface area contributed by atoms with Crippen molar-refractivity contribution in [2.24, 2.45) is 0 Å². The molecule has 2 aromatic heterocycles. The van der Waals surface area contributed by atoms with Crippen LogP contribution in [0.5, 0.6) is 0 Å². The van der Waals surface area contributed by atoms with Crippen LogP contribution in [0.1, 0.15) is 42.9 Å². The molecule has 124 valence electrons. The lowest BCUT2D eigenvalue weighted by Gasteiger charge is -2.20. The van der Waals surface area contributed by atoms with E-state index in [-0.39, 0.29) is 12.1 Å². The van der Waals surface area contributed by atoms with Gasteiger partial charge in [0.05, 0.1) is 29.8 Å². The number of hydrogen-bond acceptors (Lipinski definition) is 4. The fraction of sp³-hybridized carbons (Fsp3) is 0.316. The van der Waals surface area contributed by atoms with Crippen LogP contribution < -0.4 is 10.9 Å². The van der Waals surface area contributed by atoms with Crippen LogP contribution >= 0.6 is 11.3 Å². The van der Waals surface area contributed by atoms with Gasteiger partial charge in [0.2, 0.25) is 0 Å². The zero-order valence-electron chi connectivity index (χ0n) is 13.9. The SMILES string of the molecule is CC1CC(c2c(-c3ccccc3)ncn2C(C)c2cccs2)NN1. The second kappa shape index (κ2) is 6.51. The van der Waals surface area contributed by atoms with Gasteiger partial charge < -0.3 is 4.57 Å². The Kier molecular flexibility index (Phi) is 4.22. The molecule has 3 heterocycles. The molecule has 1 aliphatic heterocycles. The first-order valence-electron chi connectivity index (χ1n) is 8.40. The third-order valence-corrected chi connectivity index (χ3v) is 5.72. The molecule has 4 rings (SSSR count). The van der Waals surface area contributed by atoms with Crippen LogP contribution in [0.2, 0.25) is 0 Å². The number of hydrogen-bond donors (Lipinski definition) is 2. The summed E-state index contributed by atoms with van der Waals surface area (Å²) in [5, 5.41) is 2.14. The van der Waals surface area contributed by atoms with Gasteiger partial charge in [0.1, 0.15) is 0 Å². The van der Waals surface area contributed by atoms with E-state index in [0.29, 0.717) is 6.04 Å². The standard InChI is InChI=1S/C19H22N4S/c1-13-11-16(22-21-13)19-18(15-7-4-3-5-8-15)20-12-23(19)14(2)17-9-6-10-24-17/h3-10,12-14,16,21-22H,11H2,1-2H3. The highest BCUT2D eigenvalue weighted by molar-refractivity contribution is 7.10. The molecule has 2 N–H and O–H groups in total. The molecular formula is C19H22N4S. The predicted molar refractivity (Wildman–Crippen MR) is 98.9 cm³/mol. The number of rotatable bonds is 4. The minimum Gasteiger partial charge on any atom is -0.324 e. The largest absolute Gasteiger partial charge is 0.324 e. The second-order valence-electron chi connectivity index (χ2n) is 6.42. The summed E-state index contributed by atoms with van der Waals surface area (Å²) in [6.45, 7) is 4.45. The summed E-state index contributed by atoms with van der Waals surface area (Å²) in [5.74, 6) is 0. The van der Waals surface area contributed by atoms with E-state index >= 15 is 0 Å². The molecule has 0 radical (unpaired) electrons. The van der Waals surface area contributed by atoms with Crippen LogP contribution in [0.3, 0.4) is 0 Å². The quantitative estimate of drug-likeness (QED) is 0.751. The van der Waals surface area contributed by atoms with Crippen LogP contribution in [0.4, 0.5) is 0 Å². The smallest absolute Gasteiger partial charge is 0.0962 e. The first-order chi connectivity index (χ1) is 11.7. The van der Waals surface area contributed by atoms with Gasteiger partial charge in [0.15, 0.2) is 0 Å². The summed E-state index contributed by atoms with van der Waals surface area (Å²) in [6, 6.07) is 15.8. The van der Waals surface area contributed by atoms with Crippen molar-refractivity contribution >= 4 is 11.3 Å². The van der Waals surface area contributed by atoms with Crippen LogP contribution in [-0.4, -0.2) is 15.6 Å². The zero-order valence-corrected chi connectivity index (χ0v) is 14.8. The number of nitrogens with zero attached hydrogens (tertiary/aromatic N) is 2. The fourth-order valence-corrected chi connectivity index (χ4v) is 4.18. The minimum absolute atomic E-state index is 0.264. The van der Waals surface area contributed by atoms with Gasteiger partial charge in [-0.15, -0.1) is 11.3 Å². The highest BCUT2D eigenvalue weighted by atomic mass is 32.1. The lowest BCUT2D eigenvalue weighted by molar-refractivity contribution is 0.516. The van der Waals surface area contributed by atoms with Gasteiger partial charge in [0, 0.05) is 16.5 Å². The molecule has 1 aliphatic rings. The molecule has 3 unspecified atom stereocenters. The van der Waals surface area contributed by atoms with E-state index in [4.69, 9.17) is 4.98 Å². The van der Waals surface area contributed by atoms with E-state index in [1.54, 1.807) is 11.3 Å². The first-order valence-corrected chi connectivity index (χ1v) is 9.28. The molecular weight excluding hydrogens is 316 g/mol. The Morgan fingerprint density at radius 2 is 2.00 bits per heavy atom. The monoisotopic (exact) mass is 338 g/mol. The lowest BCUT2D eigenvalue weighted by atomic mass is 10.0. The summed E-state index contributed by atoms with van der Waals surface area (Å²) < 4.78 is 2.32. The number of imidazole rings is 1. The molecule has 1 saturated heterocycles. The third kappa shape index (κ3) is 2.79. The Labute approximate surface area is 146 Å². The van der Waals surface area contributed by atoms with Crippen molar-refractivity contribution in [3.05, 3.63) is 64.7 Å². The molecule has 4 nitrogen and oxygen atoms in total. The van der Waals surface area contributed by atoms with E-state index in [1.807, 2.05) is 12.4 Å². The van der Waals surface area contributed by atoms with Crippen LogP contribution in [-0.2, 0) is 0 Å². The molecule has 3 atom stereocenters. The molecule has 0 saturated carbocycles. The zero-order chi connectivity index (χ0) is 16.5. The fourth-order valence-electron chi connectivity index (χ4n) is 3.40. The summed E-state index contributed by atoms with van der Waals surface area (Å²) in [7, 11) is 0. The second-order valence-corrected chi connectivity index (χ2v) is 7.40. The highest BCUT2D eigenvalue weighted by Crippen LogP contribution is 2.35. The third-order valence-electron chi connectivity index (χ3n) is 4.67. The average Bonchev–Trinajstić information content (AvgIpc) is 3.35. The van der Waals surface area contributed by atoms with E-state index in [0.717, 1.165) is 12.1 Å². The van der Waals surface area contributed by atoms with Crippen molar-refractivity contribution in [2.45, 2.75) is 38.4 Å². The lowest BCUT2D eigenvalue weighted by Crippen LogP contribution is -2.30. The van der Waals surface area contributed by atoms with E-state index in [2.05, 4.69) is 71.0 Å². The number of nitrogens with one attached hydrogen (secondary N) is 2. The maximum atomic E-state index is 4.79. The van der Waals surface area contributed by atoms with Crippen LogP contribution in [0, 0.1) is 0 Å². The van der Waals surface area contributed by atoms with Gasteiger partial charge in [-0.2, -0.15) is 0 Å². The van der Waals surface area contributed by atoms with E-state index in [9.17, 15) is 0 Å². The Hall–Kier alpha value is -1.95. The summed E-state index contributed by atoms with van der Waals surface area (Å²) >= 11 is 1.80. The number of hydrazine groups is 1. The minimum atomic E-state index is 0.264. The Morgan fingerprint density at radius 3 is 2.67 bits per heavy atom. The normalized spacial score (nSPS) is 21.9. The van der Waals surface area contributed by atoms with Gasteiger partial charge in [-0.3, -0.25) is 5.43 Å². The number of benzene rings is 1. The van der Waals surface area contributed by atoms with E-state index < -0.39 is 0 Å². The molecule has 0 amide bonds. The molecule has 24 heavy (non-hydrogen) atoms. The van der Waals surface area contributed by atoms with Crippen molar-refractivity contribution in [3.8, 4) is 11.3 Å².